The minimum absolute atomic E-state index is 0.0479. The van der Waals surface area contributed by atoms with Crippen molar-refractivity contribution < 1.29 is 18.0 Å². The van der Waals surface area contributed by atoms with Gasteiger partial charge in [-0.1, -0.05) is 17.3 Å². The van der Waals surface area contributed by atoms with Crippen molar-refractivity contribution in [3.63, 3.8) is 0 Å². The number of rotatable bonds is 4. The number of hydrogen-bond donors (Lipinski definition) is 2. The number of aromatic amines is 1. The minimum atomic E-state index is -2.87. The fourth-order valence-corrected chi connectivity index (χ4v) is 1.87. The van der Waals surface area contributed by atoms with Crippen LogP contribution in [0.25, 0.3) is 22.6 Å². The Bertz CT molecular complexity index is 725. The number of halogens is 2. The highest BCUT2D eigenvalue weighted by atomic mass is 19.3. The van der Waals surface area contributed by atoms with Gasteiger partial charge in [0, 0.05) is 0 Å². The van der Waals surface area contributed by atoms with Gasteiger partial charge in [0.05, 0.1) is 11.8 Å². The number of ether oxygens (including phenoxy) is 1. The van der Waals surface area contributed by atoms with Crippen LogP contribution < -0.4 is 10.5 Å². The van der Waals surface area contributed by atoms with E-state index in [1.54, 1.807) is 12.1 Å². The molecule has 7 nitrogen and oxygen atoms in total. The van der Waals surface area contributed by atoms with Gasteiger partial charge in [0.25, 0.3) is 0 Å². The molecule has 0 aliphatic rings. The van der Waals surface area contributed by atoms with E-state index in [0.29, 0.717) is 22.6 Å². The van der Waals surface area contributed by atoms with Crippen molar-refractivity contribution in [2.24, 2.45) is 0 Å². The standard InChI is InChI=1S/C12H9F2N5O2/c13-12(14)20-7-3-1-6(2-4-7)9-10(21-18-11(9)15)8-5-16-19-17-8/h1-5,12H,(H2,15,18)(H,16,17,19). The van der Waals surface area contributed by atoms with Gasteiger partial charge in [-0.05, 0) is 17.7 Å². The first kappa shape index (κ1) is 13.0. The van der Waals surface area contributed by atoms with Crippen LogP contribution in [0.4, 0.5) is 14.6 Å². The van der Waals surface area contributed by atoms with Crippen LogP contribution in [0, 0.1) is 0 Å². The van der Waals surface area contributed by atoms with Crippen LogP contribution in [0.3, 0.4) is 0 Å². The SMILES string of the molecule is Nc1noc(-c2cn[nH]n2)c1-c1ccc(OC(F)F)cc1. The number of nitrogen functional groups attached to an aromatic ring is 1. The molecule has 0 unspecified atom stereocenters. The first-order valence-corrected chi connectivity index (χ1v) is 5.81. The van der Waals surface area contributed by atoms with E-state index in [-0.39, 0.29) is 11.6 Å². The first-order valence-electron chi connectivity index (χ1n) is 5.81. The van der Waals surface area contributed by atoms with E-state index < -0.39 is 6.61 Å². The molecule has 2 aromatic heterocycles. The van der Waals surface area contributed by atoms with Crippen LogP contribution >= 0.6 is 0 Å². The van der Waals surface area contributed by atoms with Gasteiger partial charge in [-0.3, -0.25) is 0 Å². The summed E-state index contributed by atoms with van der Waals surface area (Å²) in [5, 5.41) is 13.7. The van der Waals surface area contributed by atoms with Gasteiger partial charge < -0.3 is 15.0 Å². The van der Waals surface area contributed by atoms with Gasteiger partial charge in [-0.2, -0.15) is 24.2 Å². The quantitative estimate of drug-likeness (QED) is 0.765. The van der Waals surface area contributed by atoms with E-state index in [9.17, 15) is 8.78 Å². The number of nitrogens with two attached hydrogens (primary N) is 1. The molecule has 3 rings (SSSR count). The van der Waals surface area contributed by atoms with E-state index in [2.05, 4.69) is 25.3 Å². The fraction of sp³-hybridized carbons (Fsp3) is 0.0833. The normalized spacial score (nSPS) is 11.0. The van der Waals surface area contributed by atoms with Crippen molar-refractivity contribution in [1.29, 1.82) is 0 Å². The Labute approximate surface area is 116 Å². The maximum Gasteiger partial charge on any atom is 0.387 e. The molecule has 0 spiro atoms. The fourth-order valence-electron chi connectivity index (χ4n) is 1.87. The maximum atomic E-state index is 12.1. The van der Waals surface area contributed by atoms with E-state index in [1.807, 2.05) is 0 Å². The van der Waals surface area contributed by atoms with Gasteiger partial charge in [-0.25, -0.2) is 0 Å². The average Bonchev–Trinajstić information content (AvgIpc) is 3.08. The van der Waals surface area contributed by atoms with Gasteiger partial charge >= 0.3 is 6.61 Å². The van der Waals surface area contributed by atoms with Crippen molar-refractivity contribution in [3.05, 3.63) is 30.5 Å². The zero-order valence-corrected chi connectivity index (χ0v) is 10.5. The molecule has 21 heavy (non-hydrogen) atoms. The maximum absolute atomic E-state index is 12.1. The summed E-state index contributed by atoms with van der Waals surface area (Å²) in [5.74, 6) is 0.547. The number of aromatic nitrogens is 4. The molecule has 2 heterocycles. The summed E-state index contributed by atoms with van der Waals surface area (Å²) < 4.78 is 33.7. The van der Waals surface area contributed by atoms with Gasteiger partial charge in [-0.15, -0.1) is 0 Å². The van der Waals surface area contributed by atoms with E-state index in [1.165, 1.54) is 18.3 Å². The lowest BCUT2D eigenvalue weighted by atomic mass is 10.0. The monoisotopic (exact) mass is 293 g/mol. The Hall–Kier alpha value is -2.97. The number of hydrogen-bond acceptors (Lipinski definition) is 6. The van der Waals surface area contributed by atoms with Crippen LogP contribution in [0.15, 0.2) is 35.0 Å². The number of nitrogens with one attached hydrogen (secondary N) is 1. The summed E-state index contributed by atoms with van der Waals surface area (Å²) in [5.41, 5.74) is 7.36. The van der Waals surface area contributed by atoms with Crippen LogP contribution in [-0.2, 0) is 0 Å². The van der Waals surface area contributed by atoms with Crippen LogP contribution in [-0.4, -0.2) is 27.2 Å². The molecular weight excluding hydrogens is 284 g/mol. The molecule has 0 aliphatic carbocycles. The number of anilines is 1. The molecule has 3 N–H and O–H groups in total. The third-order valence-corrected chi connectivity index (χ3v) is 2.73. The predicted molar refractivity (Wildman–Crippen MR) is 68.4 cm³/mol. The Morgan fingerprint density at radius 3 is 2.62 bits per heavy atom. The molecule has 108 valence electrons. The summed E-state index contributed by atoms with van der Waals surface area (Å²) in [6.45, 7) is -2.87. The summed E-state index contributed by atoms with van der Waals surface area (Å²) in [4.78, 5) is 0. The first-order chi connectivity index (χ1) is 10.1. The van der Waals surface area contributed by atoms with Crippen molar-refractivity contribution >= 4 is 5.82 Å². The van der Waals surface area contributed by atoms with Crippen LogP contribution in [0.1, 0.15) is 0 Å². The number of benzene rings is 1. The molecule has 0 saturated heterocycles. The molecule has 0 saturated carbocycles. The molecule has 3 aromatic rings. The summed E-state index contributed by atoms with van der Waals surface area (Å²) in [6.07, 6.45) is 1.46. The predicted octanol–water partition coefficient (Wildman–Crippen LogP) is 2.31. The van der Waals surface area contributed by atoms with Crippen LogP contribution in [0.5, 0.6) is 5.75 Å². The molecular formula is C12H9F2N5O2. The smallest absolute Gasteiger partial charge is 0.387 e. The summed E-state index contributed by atoms with van der Waals surface area (Å²) in [6, 6.07) is 5.95. The molecule has 0 atom stereocenters. The molecule has 0 fully saturated rings. The molecule has 0 aliphatic heterocycles. The molecule has 1 aromatic carbocycles. The Kier molecular flexibility index (Phi) is 3.22. The highest BCUT2D eigenvalue weighted by Gasteiger charge is 2.19. The van der Waals surface area contributed by atoms with Gasteiger partial charge in [0.1, 0.15) is 5.75 Å². The van der Waals surface area contributed by atoms with E-state index in [4.69, 9.17) is 10.3 Å². The lowest BCUT2D eigenvalue weighted by Gasteiger charge is -2.05. The second kappa shape index (κ2) is 5.19. The highest BCUT2D eigenvalue weighted by Crippen LogP contribution is 2.36. The highest BCUT2D eigenvalue weighted by molar-refractivity contribution is 5.85. The average molecular weight is 293 g/mol. The second-order valence-corrected chi connectivity index (χ2v) is 4.03. The topological polar surface area (TPSA) is 103 Å². The summed E-state index contributed by atoms with van der Waals surface area (Å²) in [7, 11) is 0. The van der Waals surface area contributed by atoms with Crippen molar-refractivity contribution in [2.45, 2.75) is 6.61 Å². The zero-order chi connectivity index (χ0) is 14.8. The lowest BCUT2D eigenvalue weighted by Crippen LogP contribution is -2.01. The van der Waals surface area contributed by atoms with Gasteiger partial charge in [0.15, 0.2) is 17.3 Å². The Morgan fingerprint density at radius 2 is 2.00 bits per heavy atom. The largest absolute Gasteiger partial charge is 0.435 e. The van der Waals surface area contributed by atoms with Crippen LogP contribution in [0.2, 0.25) is 0 Å². The molecule has 0 amide bonds. The van der Waals surface area contributed by atoms with Crippen molar-refractivity contribution in [1.82, 2.24) is 20.6 Å². The number of H-pyrrole nitrogens is 1. The minimum Gasteiger partial charge on any atom is -0.435 e. The summed E-state index contributed by atoms with van der Waals surface area (Å²) >= 11 is 0. The third-order valence-electron chi connectivity index (χ3n) is 2.73. The molecule has 0 bridgehead atoms. The van der Waals surface area contributed by atoms with Gasteiger partial charge in [0.2, 0.25) is 0 Å². The van der Waals surface area contributed by atoms with Crippen molar-refractivity contribution in [2.75, 3.05) is 5.73 Å². The van der Waals surface area contributed by atoms with Crippen molar-refractivity contribution in [3.8, 4) is 28.3 Å². The lowest BCUT2D eigenvalue weighted by molar-refractivity contribution is -0.0498. The van der Waals surface area contributed by atoms with E-state index in [0.717, 1.165) is 0 Å². The Morgan fingerprint density at radius 1 is 1.24 bits per heavy atom. The molecule has 9 heteroatoms. The Balaban J connectivity index is 1.99. The third kappa shape index (κ3) is 2.53. The number of nitrogens with zero attached hydrogens (tertiary/aromatic N) is 3. The zero-order valence-electron chi connectivity index (χ0n) is 10.5. The van der Waals surface area contributed by atoms with E-state index >= 15 is 0 Å². The second-order valence-electron chi connectivity index (χ2n) is 4.03. The number of alkyl halides is 2. The molecule has 0 radical (unpaired) electrons.